The molecule has 2 rings (SSSR count). The van der Waals surface area contributed by atoms with Gasteiger partial charge in [-0.25, -0.2) is 4.79 Å². The molecule has 27 heavy (non-hydrogen) atoms. The van der Waals surface area contributed by atoms with Crippen molar-refractivity contribution in [2.24, 2.45) is 0 Å². The summed E-state index contributed by atoms with van der Waals surface area (Å²) >= 11 is 0. The zero-order valence-electron chi connectivity index (χ0n) is 15.2. The first-order valence-electron chi connectivity index (χ1n) is 8.37. The number of carbonyl (C=O) groups is 3. The highest BCUT2D eigenvalue weighted by atomic mass is 16.5. The number of methoxy groups -OCH3 is 2. The minimum atomic E-state index is -0.831. The van der Waals surface area contributed by atoms with Crippen molar-refractivity contribution in [1.82, 2.24) is 10.6 Å². The van der Waals surface area contributed by atoms with E-state index in [-0.39, 0.29) is 6.54 Å². The minimum Gasteiger partial charge on any atom is -0.497 e. The van der Waals surface area contributed by atoms with Crippen LogP contribution in [0, 0.1) is 0 Å². The minimum absolute atomic E-state index is 0.257. The Hall–Kier alpha value is -3.35. The Balaban J connectivity index is 1.90. The second-order valence-electron chi connectivity index (χ2n) is 5.74. The van der Waals surface area contributed by atoms with Gasteiger partial charge in [-0.2, -0.15) is 0 Å². The molecular weight excluding hydrogens is 348 g/mol. The fourth-order valence-corrected chi connectivity index (χ4v) is 2.44. The Morgan fingerprint density at radius 2 is 1.63 bits per heavy atom. The molecule has 0 aliphatic carbocycles. The summed E-state index contributed by atoms with van der Waals surface area (Å²) in [7, 11) is 2.80. The van der Waals surface area contributed by atoms with Crippen LogP contribution in [0.5, 0.6) is 5.75 Å². The van der Waals surface area contributed by atoms with E-state index in [4.69, 9.17) is 9.47 Å². The molecule has 0 aromatic heterocycles. The van der Waals surface area contributed by atoms with Gasteiger partial charge in [0, 0.05) is 12.0 Å². The Kier molecular flexibility index (Phi) is 7.37. The molecule has 7 nitrogen and oxygen atoms in total. The van der Waals surface area contributed by atoms with E-state index < -0.39 is 23.8 Å². The average molecular weight is 370 g/mol. The van der Waals surface area contributed by atoms with E-state index in [2.05, 4.69) is 10.6 Å². The Bertz CT molecular complexity index is 775. The number of hydrogen-bond acceptors (Lipinski definition) is 5. The van der Waals surface area contributed by atoms with Crippen molar-refractivity contribution >= 4 is 17.8 Å². The smallest absolute Gasteiger partial charge is 0.328 e. The molecule has 0 bridgehead atoms. The summed E-state index contributed by atoms with van der Waals surface area (Å²) in [4.78, 5) is 36.2. The number of carbonyl (C=O) groups excluding carboxylic acids is 3. The van der Waals surface area contributed by atoms with Gasteiger partial charge >= 0.3 is 5.97 Å². The maximum atomic E-state index is 12.1. The van der Waals surface area contributed by atoms with Crippen LogP contribution in [-0.4, -0.2) is 44.6 Å². The van der Waals surface area contributed by atoms with Crippen LogP contribution in [0.3, 0.4) is 0 Å². The lowest BCUT2D eigenvalue weighted by molar-refractivity contribution is -0.144. The van der Waals surface area contributed by atoms with Crippen LogP contribution in [-0.2, 0) is 20.7 Å². The number of nitrogens with one attached hydrogen (secondary N) is 2. The summed E-state index contributed by atoms with van der Waals surface area (Å²) in [5, 5.41) is 5.11. The molecule has 0 unspecified atom stereocenters. The molecule has 2 aromatic rings. The lowest BCUT2D eigenvalue weighted by Gasteiger charge is -2.17. The first-order valence-corrected chi connectivity index (χ1v) is 8.37. The van der Waals surface area contributed by atoms with Gasteiger partial charge in [-0.15, -0.1) is 0 Å². The molecule has 1 atom stereocenters. The van der Waals surface area contributed by atoms with E-state index >= 15 is 0 Å². The van der Waals surface area contributed by atoms with Crippen LogP contribution >= 0.6 is 0 Å². The molecule has 0 saturated carbocycles. The van der Waals surface area contributed by atoms with Crippen molar-refractivity contribution in [3.63, 3.8) is 0 Å². The standard InChI is InChI=1S/C20H22N2O5/c1-26-16-10-8-15(9-11-16)19(24)21-13-18(23)22-17(20(25)27-2)12-14-6-4-3-5-7-14/h3-11,17H,12-13H2,1-2H3,(H,21,24)(H,22,23)/t17-/m1/s1. The van der Waals surface area contributed by atoms with Gasteiger partial charge in [0.05, 0.1) is 20.8 Å². The predicted octanol–water partition coefficient (Wildman–Crippen LogP) is 1.33. The van der Waals surface area contributed by atoms with Crippen molar-refractivity contribution in [2.75, 3.05) is 20.8 Å². The molecular formula is C20H22N2O5. The summed E-state index contributed by atoms with van der Waals surface area (Å²) in [6.45, 7) is -0.257. The summed E-state index contributed by atoms with van der Waals surface area (Å²) in [6, 6.07) is 14.9. The number of rotatable bonds is 8. The quantitative estimate of drug-likeness (QED) is 0.684. The largest absolute Gasteiger partial charge is 0.497 e. The second kappa shape index (κ2) is 9.96. The van der Waals surface area contributed by atoms with Gasteiger partial charge in [-0.1, -0.05) is 30.3 Å². The van der Waals surface area contributed by atoms with Crippen molar-refractivity contribution in [2.45, 2.75) is 12.5 Å². The fraction of sp³-hybridized carbons (Fsp3) is 0.250. The highest BCUT2D eigenvalue weighted by molar-refractivity contribution is 5.97. The SMILES string of the molecule is COC(=O)[C@@H](Cc1ccccc1)NC(=O)CNC(=O)c1ccc(OC)cc1. The summed E-state index contributed by atoms with van der Waals surface area (Å²) in [6.07, 6.45) is 0.297. The van der Waals surface area contributed by atoms with E-state index in [0.29, 0.717) is 17.7 Å². The molecule has 0 aliphatic heterocycles. The molecule has 0 aliphatic rings. The van der Waals surface area contributed by atoms with E-state index in [1.165, 1.54) is 14.2 Å². The van der Waals surface area contributed by atoms with Gasteiger partial charge in [0.1, 0.15) is 11.8 Å². The van der Waals surface area contributed by atoms with Gasteiger partial charge in [0.25, 0.3) is 5.91 Å². The lowest BCUT2D eigenvalue weighted by Crippen LogP contribution is -2.47. The summed E-state index contributed by atoms with van der Waals surface area (Å²) < 4.78 is 9.78. The van der Waals surface area contributed by atoms with Crippen molar-refractivity contribution < 1.29 is 23.9 Å². The number of esters is 1. The Labute approximate surface area is 157 Å². The number of hydrogen-bond donors (Lipinski definition) is 2. The molecule has 2 amide bonds. The third-order valence-corrected chi connectivity index (χ3v) is 3.87. The zero-order chi connectivity index (χ0) is 19.6. The summed E-state index contributed by atoms with van der Waals surface area (Å²) in [5.74, 6) is -0.798. The van der Waals surface area contributed by atoms with Gasteiger partial charge in [0.15, 0.2) is 0 Å². The third-order valence-electron chi connectivity index (χ3n) is 3.87. The molecule has 0 fully saturated rings. The Morgan fingerprint density at radius 3 is 2.22 bits per heavy atom. The highest BCUT2D eigenvalue weighted by Gasteiger charge is 2.22. The van der Waals surface area contributed by atoms with E-state index in [1.54, 1.807) is 24.3 Å². The first kappa shape index (κ1) is 20.0. The summed E-state index contributed by atoms with van der Waals surface area (Å²) in [5.41, 5.74) is 1.29. The van der Waals surface area contributed by atoms with Crippen LogP contribution in [0.2, 0.25) is 0 Å². The molecule has 7 heteroatoms. The van der Waals surface area contributed by atoms with E-state index in [9.17, 15) is 14.4 Å². The molecule has 2 aromatic carbocycles. The number of amides is 2. The van der Waals surface area contributed by atoms with Crippen LogP contribution in [0.4, 0.5) is 0 Å². The molecule has 0 saturated heterocycles. The predicted molar refractivity (Wildman–Crippen MR) is 99.4 cm³/mol. The Morgan fingerprint density at radius 1 is 0.963 bits per heavy atom. The van der Waals surface area contributed by atoms with Crippen molar-refractivity contribution in [1.29, 1.82) is 0 Å². The topological polar surface area (TPSA) is 93.7 Å². The second-order valence-corrected chi connectivity index (χ2v) is 5.74. The fourth-order valence-electron chi connectivity index (χ4n) is 2.44. The normalized spacial score (nSPS) is 11.2. The van der Waals surface area contributed by atoms with Crippen LogP contribution < -0.4 is 15.4 Å². The molecule has 142 valence electrons. The maximum Gasteiger partial charge on any atom is 0.328 e. The van der Waals surface area contributed by atoms with Crippen molar-refractivity contribution in [3.8, 4) is 5.75 Å². The number of ether oxygens (including phenoxy) is 2. The number of benzene rings is 2. The first-order chi connectivity index (χ1) is 13.0. The average Bonchev–Trinajstić information content (AvgIpc) is 2.71. The van der Waals surface area contributed by atoms with E-state index in [0.717, 1.165) is 5.56 Å². The van der Waals surface area contributed by atoms with Gasteiger partial charge < -0.3 is 20.1 Å². The highest BCUT2D eigenvalue weighted by Crippen LogP contribution is 2.11. The van der Waals surface area contributed by atoms with Gasteiger partial charge in [0.2, 0.25) is 5.91 Å². The maximum absolute atomic E-state index is 12.1. The van der Waals surface area contributed by atoms with Crippen molar-refractivity contribution in [3.05, 3.63) is 65.7 Å². The van der Waals surface area contributed by atoms with Crippen LogP contribution in [0.1, 0.15) is 15.9 Å². The molecule has 0 spiro atoms. The lowest BCUT2D eigenvalue weighted by atomic mass is 10.1. The molecule has 0 radical (unpaired) electrons. The van der Waals surface area contributed by atoms with Crippen LogP contribution in [0.25, 0.3) is 0 Å². The van der Waals surface area contributed by atoms with Gasteiger partial charge in [-0.3, -0.25) is 9.59 Å². The zero-order valence-corrected chi connectivity index (χ0v) is 15.2. The monoisotopic (exact) mass is 370 g/mol. The third kappa shape index (κ3) is 6.14. The van der Waals surface area contributed by atoms with Gasteiger partial charge in [-0.05, 0) is 29.8 Å². The molecule has 0 heterocycles. The molecule has 2 N–H and O–H groups in total. The van der Waals surface area contributed by atoms with Crippen LogP contribution in [0.15, 0.2) is 54.6 Å². The van der Waals surface area contributed by atoms with E-state index in [1.807, 2.05) is 30.3 Å².